The zero-order valence-corrected chi connectivity index (χ0v) is 18.7. The van der Waals surface area contributed by atoms with Gasteiger partial charge < -0.3 is 10.2 Å². The van der Waals surface area contributed by atoms with Gasteiger partial charge in [0.05, 0.1) is 5.75 Å². The standard InChI is InChI=1S/C23H31N3O3S/c1-17(2)25-30(28,29)16-19-10-8-18(9-11-19)15-24-23(27)26(3)22-13-12-20-6-4-5-7-21(20)14-22/h4-11,17,22,25H,12-16H2,1-3H3,(H,24,27). The van der Waals surface area contributed by atoms with E-state index in [0.29, 0.717) is 6.54 Å². The van der Waals surface area contributed by atoms with Crippen molar-refractivity contribution in [1.82, 2.24) is 14.9 Å². The minimum absolute atomic E-state index is 0.0519. The molecule has 2 amide bonds. The first-order chi connectivity index (χ1) is 14.2. The van der Waals surface area contributed by atoms with Gasteiger partial charge in [-0.2, -0.15) is 0 Å². The van der Waals surface area contributed by atoms with E-state index in [2.05, 4.69) is 34.3 Å². The van der Waals surface area contributed by atoms with Crippen LogP contribution >= 0.6 is 0 Å². The fraction of sp³-hybridized carbons (Fsp3) is 0.435. The summed E-state index contributed by atoms with van der Waals surface area (Å²) in [7, 11) is -1.49. The van der Waals surface area contributed by atoms with E-state index < -0.39 is 10.0 Å². The Morgan fingerprint density at radius 2 is 1.70 bits per heavy atom. The lowest BCUT2D eigenvalue weighted by molar-refractivity contribution is 0.184. The van der Waals surface area contributed by atoms with Crippen LogP contribution in [0.2, 0.25) is 0 Å². The number of aryl methyl sites for hydroxylation is 1. The maximum Gasteiger partial charge on any atom is 0.317 e. The van der Waals surface area contributed by atoms with E-state index in [1.165, 1.54) is 11.1 Å². The van der Waals surface area contributed by atoms with Gasteiger partial charge in [-0.25, -0.2) is 17.9 Å². The zero-order chi connectivity index (χ0) is 21.7. The molecule has 6 nitrogen and oxygen atoms in total. The molecule has 7 heteroatoms. The molecular weight excluding hydrogens is 398 g/mol. The van der Waals surface area contributed by atoms with Gasteiger partial charge in [-0.3, -0.25) is 0 Å². The van der Waals surface area contributed by atoms with Crippen LogP contribution < -0.4 is 10.0 Å². The summed E-state index contributed by atoms with van der Waals surface area (Å²) in [6.07, 6.45) is 2.84. The van der Waals surface area contributed by atoms with Crippen molar-refractivity contribution in [3.8, 4) is 0 Å². The Morgan fingerprint density at radius 1 is 1.07 bits per heavy atom. The predicted octanol–water partition coefficient (Wildman–Crippen LogP) is 3.21. The number of benzene rings is 2. The van der Waals surface area contributed by atoms with Crippen LogP contribution in [-0.2, 0) is 35.2 Å². The summed E-state index contributed by atoms with van der Waals surface area (Å²) in [5.41, 5.74) is 4.36. The summed E-state index contributed by atoms with van der Waals surface area (Å²) in [6.45, 7) is 4.00. The third-order valence-corrected chi connectivity index (χ3v) is 6.97. The molecule has 1 aliphatic carbocycles. The van der Waals surface area contributed by atoms with Gasteiger partial charge in [-0.05, 0) is 55.4 Å². The van der Waals surface area contributed by atoms with Gasteiger partial charge in [-0.1, -0.05) is 48.5 Å². The molecule has 1 aliphatic rings. The van der Waals surface area contributed by atoms with Gasteiger partial charge in [-0.15, -0.1) is 0 Å². The first kappa shape index (κ1) is 22.3. The molecule has 1 atom stereocenters. The smallest absolute Gasteiger partial charge is 0.317 e. The number of hydrogen-bond donors (Lipinski definition) is 2. The molecule has 0 saturated heterocycles. The summed E-state index contributed by atoms with van der Waals surface area (Å²) in [6, 6.07) is 15.7. The van der Waals surface area contributed by atoms with E-state index in [9.17, 15) is 13.2 Å². The Balaban J connectivity index is 1.51. The Kier molecular flexibility index (Phi) is 7.15. The molecule has 0 bridgehead atoms. The molecule has 162 valence electrons. The Labute approximate surface area is 179 Å². The molecule has 0 saturated carbocycles. The highest BCUT2D eigenvalue weighted by molar-refractivity contribution is 7.88. The summed E-state index contributed by atoms with van der Waals surface area (Å²) >= 11 is 0. The highest BCUT2D eigenvalue weighted by Crippen LogP contribution is 2.23. The minimum Gasteiger partial charge on any atom is -0.334 e. The summed E-state index contributed by atoms with van der Waals surface area (Å²) in [5, 5.41) is 2.97. The van der Waals surface area contributed by atoms with E-state index in [0.717, 1.165) is 30.4 Å². The Bertz CT molecular complexity index is 971. The van der Waals surface area contributed by atoms with E-state index in [1.54, 1.807) is 30.9 Å². The van der Waals surface area contributed by atoms with Crippen molar-refractivity contribution in [3.63, 3.8) is 0 Å². The van der Waals surface area contributed by atoms with Crippen molar-refractivity contribution in [2.75, 3.05) is 7.05 Å². The maximum atomic E-state index is 12.6. The van der Waals surface area contributed by atoms with Crippen LogP contribution in [0.25, 0.3) is 0 Å². The Hall–Kier alpha value is -2.38. The Morgan fingerprint density at radius 3 is 2.37 bits per heavy atom. The van der Waals surface area contributed by atoms with Crippen LogP contribution in [0, 0.1) is 0 Å². The summed E-state index contributed by atoms with van der Waals surface area (Å²) < 4.78 is 26.7. The summed E-state index contributed by atoms with van der Waals surface area (Å²) in [4.78, 5) is 14.4. The van der Waals surface area contributed by atoms with Crippen molar-refractivity contribution in [2.24, 2.45) is 0 Å². The number of nitrogens with one attached hydrogen (secondary N) is 2. The number of rotatable bonds is 7. The molecule has 0 aromatic heterocycles. The molecule has 0 fully saturated rings. The second kappa shape index (κ2) is 9.62. The van der Waals surface area contributed by atoms with Crippen LogP contribution in [0.4, 0.5) is 4.79 Å². The van der Waals surface area contributed by atoms with Gasteiger partial charge >= 0.3 is 6.03 Å². The quantitative estimate of drug-likeness (QED) is 0.709. The van der Waals surface area contributed by atoms with Crippen LogP contribution in [0.1, 0.15) is 42.5 Å². The second-order valence-corrected chi connectivity index (χ2v) is 10.0. The highest BCUT2D eigenvalue weighted by atomic mass is 32.2. The number of likely N-dealkylation sites (N-methyl/N-ethyl adjacent to an activating group) is 1. The number of carbonyl (C=O) groups excluding carboxylic acids is 1. The zero-order valence-electron chi connectivity index (χ0n) is 17.9. The van der Waals surface area contributed by atoms with E-state index in [1.807, 2.05) is 19.2 Å². The fourth-order valence-corrected chi connectivity index (χ4v) is 5.28. The largest absolute Gasteiger partial charge is 0.334 e. The average molecular weight is 430 g/mol. The number of fused-ring (bicyclic) bond motifs is 1. The van der Waals surface area contributed by atoms with Gasteiger partial charge in [0.1, 0.15) is 0 Å². The molecule has 0 spiro atoms. The molecule has 2 aromatic rings. The molecule has 0 radical (unpaired) electrons. The number of carbonyl (C=O) groups is 1. The van der Waals surface area contributed by atoms with Crippen molar-refractivity contribution >= 4 is 16.1 Å². The lowest BCUT2D eigenvalue weighted by atomic mass is 9.88. The molecule has 2 aromatic carbocycles. The fourth-order valence-electron chi connectivity index (χ4n) is 3.85. The van der Waals surface area contributed by atoms with Crippen LogP contribution in [0.15, 0.2) is 48.5 Å². The SMILES string of the molecule is CC(C)NS(=O)(=O)Cc1ccc(CNC(=O)N(C)C2CCc3ccccc3C2)cc1. The predicted molar refractivity (Wildman–Crippen MR) is 120 cm³/mol. The number of urea groups is 1. The van der Waals surface area contributed by atoms with Crippen molar-refractivity contribution < 1.29 is 13.2 Å². The van der Waals surface area contributed by atoms with Crippen molar-refractivity contribution in [3.05, 3.63) is 70.8 Å². The van der Waals surface area contributed by atoms with E-state index in [4.69, 9.17) is 0 Å². The number of hydrogen-bond acceptors (Lipinski definition) is 3. The molecule has 0 aliphatic heterocycles. The van der Waals surface area contributed by atoms with E-state index in [-0.39, 0.29) is 23.9 Å². The van der Waals surface area contributed by atoms with Gasteiger partial charge in [0.2, 0.25) is 10.0 Å². The summed E-state index contributed by atoms with van der Waals surface area (Å²) in [5.74, 6) is -0.0519. The first-order valence-electron chi connectivity index (χ1n) is 10.4. The molecular formula is C23H31N3O3S. The second-order valence-electron chi connectivity index (χ2n) is 8.28. The minimum atomic E-state index is -3.34. The van der Waals surface area contributed by atoms with Crippen LogP contribution in [0.3, 0.4) is 0 Å². The molecule has 2 N–H and O–H groups in total. The normalized spacial score (nSPS) is 16.2. The third-order valence-electron chi connectivity index (χ3n) is 5.43. The van der Waals surface area contributed by atoms with E-state index >= 15 is 0 Å². The number of sulfonamides is 1. The van der Waals surface area contributed by atoms with Crippen LogP contribution in [0.5, 0.6) is 0 Å². The topological polar surface area (TPSA) is 78.5 Å². The van der Waals surface area contributed by atoms with Gasteiger partial charge in [0.25, 0.3) is 0 Å². The maximum absolute atomic E-state index is 12.6. The number of nitrogens with zero attached hydrogens (tertiary/aromatic N) is 1. The third kappa shape index (κ3) is 6.06. The van der Waals surface area contributed by atoms with Crippen molar-refractivity contribution in [2.45, 2.75) is 57.5 Å². The lowest BCUT2D eigenvalue weighted by Gasteiger charge is -2.32. The van der Waals surface area contributed by atoms with Gasteiger partial charge in [0.15, 0.2) is 0 Å². The molecule has 3 rings (SSSR count). The monoisotopic (exact) mass is 429 g/mol. The van der Waals surface area contributed by atoms with Gasteiger partial charge in [0, 0.05) is 25.7 Å². The molecule has 30 heavy (non-hydrogen) atoms. The molecule has 1 unspecified atom stereocenters. The highest BCUT2D eigenvalue weighted by Gasteiger charge is 2.24. The number of amides is 2. The lowest BCUT2D eigenvalue weighted by Crippen LogP contribution is -2.45. The molecule has 0 heterocycles. The average Bonchev–Trinajstić information content (AvgIpc) is 2.70. The first-order valence-corrected chi connectivity index (χ1v) is 12.0. The van der Waals surface area contributed by atoms with Crippen LogP contribution in [-0.4, -0.2) is 38.5 Å². The van der Waals surface area contributed by atoms with Crippen molar-refractivity contribution in [1.29, 1.82) is 0 Å².